The molecule has 1 amide bonds. The van der Waals surface area contributed by atoms with Crippen molar-refractivity contribution in [2.75, 3.05) is 0 Å². The van der Waals surface area contributed by atoms with Crippen molar-refractivity contribution in [2.24, 2.45) is 4.99 Å². The summed E-state index contributed by atoms with van der Waals surface area (Å²) >= 11 is 4.84. The lowest BCUT2D eigenvalue weighted by Gasteiger charge is -2.10. The second-order valence-corrected chi connectivity index (χ2v) is 9.15. The molecule has 1 heterocycles. The van der Waals surface area contributed by atoms with Crippen LogP contribution in [-0.4, -0.2) is 11.1 Å². The molecule has 0 bridgehead atoms. The number of aryl methyl sites for hydroxylation is 2. The molecule has 1 N–H and O–H groups in total. The summed E-state index contributed by atoms with van der Waals surface area (Å²) in [6, 6.07) is 21.8. The van der Waals surface area contributed by atoms with Crippen LogP contribution < -0.4 is 10.1 Å². The highest BCUT2D eigenvalue weighted by molar-refractivity contribution is 9.10. The number of nitrogens with one attached hydrogen (secondary N) is 1. The fourth-order valence-electron chi connectivity index (χ4n) is 3.03. The molecule has 0 atom stereocenters. The van der Waals surface area contributed by atoms with Crippen LogP contribution in [-0.2, 0) is 11.4 Å². The van der Waals surface area contributed by atoms with Crippen molar-refractivity contribution in [1.82, 2.24) is 5.32 Å². The van der Waals surface area contributed by atoms with Crippen molar-refractivity contribution >= 4 is 50.5 Å². The molecule has 4 nitrogen and oxygen atoms in total. The van der Waals surface area contributed by atoms with Gasteiger partial charge in [0.1, 0.15) is 12.4 Å². The van der Waals surface area contributed by atoms with Crippen LogP contribution in [0.2, 0.25) is 0 Å². The molecule has 0 radical (unpaired) electrons. The summed E-state index contributed by atoms with van der Waals surface area (Å²) in [5.74, 6) is 0.550. The Hall–Kier alpha value is -2.83. The van der Waals surface area contributed by atoms with Crippen molar-refractivity contribution in [2.45, 2.75) is 20.5 Å². The first-order valence-electron chi connectivity index (χ1n) is 9.81. The molecule has 0 unspecified atom stereocenters. The molecule has 4 rings (SSSR count). The van der Waals surface area contributed by atoms with Gasteiger partial charge in [0.15, 0.2) is 5.17 Å². The number of benzene rings is 3. The summed E-state index contributed by atoms with van der Waals surface area (Å²) in [7, 11) is 0. The molecule has 1 fully saturated rings. The topological polar surface area (TPSA) is 50.7 Å². The number of amides is 1. The lowest BCUT2D eigenvalue weighted by Crippen LogP contribution is -2.19. The van der Waals surface area contributed by atoms with E-state index in [2.05, 4.69) is 40.1 Å². The van der Waals surface area contributed by atoms with E-state index in [1.807, 2.05) is 72.8 Å². The smallest absolute Gasteiger partial charge is 0.264 e. The highest BCUT2D eigenvalue weighted by atomic mass is 79.9. The summed E-state index contributed by atoms with van der Waals surface area (Å²) in [6.07, 6.45) is 1.84. The SMILES string of the molecule is Cc1ccc(N=C2NC(=O)/C(=C/c3cc(Br)ccc3OCc3ccccc3)S2)cc1C. The molecule has 0 spiro atoms. The zero-order valence-corrected chi connectivity index (χ0v) is 19.6. The van der Waals surface area contributed by atoms with Crippen LogP contribution in [0.3, 0.4) is 0 Å². The first-order valence-corrected chi connectivity index (χ1v) is 11.4. The second kappa shape index (κ2) is 9.54. The van der Waals surface area contributed by atoms with Crippen LogP contribution in [0, 0.1) is 13.8 Å². The predicted molar refractivity (Wildman–Crippen MR) is 132 cm³/mol. The van der Waals surface area contributed by atoms with Gasteiger partial charge in [-0.3, -0.25) is 4.79 Å². The van der Waals surface area contributed by atoms with E-state index in [0.717, 1.165) is 21.3 Å². The number of nitrogens with zero attached hydrogens (tertiary/aromatic N) is 1. The molecule has 1 aliphatic heterocycles. The van der Waals surface area contributed by atoms with Crippen molar-refractivity contribution < 1.29 is 9.53 Å². The molecule has 0 aromatic heterocycles. The largest absolute Gasteiger partial charge is 0.488 e. The van der Waals surface area contributed by atoms with E-state index in [1.165, 1.54) is 22.9 Å². The third-order valence-corrected chi connectivity index (χ3v) is 6.27. The van der Waals surface area contributed by atoms with E-state index in [9.17, 15) is 4.79 Å². The van der Waals surface area contributed by atoms with Gasteiger partial charge in [-0.25, -0.2) is 4.99 Å². The number of ether oxygens (including phenoxy) is 1. The lowest BCUT2D eigenvalue weighted by molar-refractivity contribution is -0.115. The van der Waals surface area contributed by atoms with E-state index >= 15 is 0 Å². The number of halogens is 1. The first-order chi connectivity index (χ1) is 15.0. The van der Waals surface area contributed by atoms with Crippen molar-refractivity contribution in [3.8, 4) is 5.75 Å². The summed E-state index contributed by atoms with van der Waals surface area (Å²) in [4.78, 5) is 17.7. The number of hydrogen-bond acceptors (Lipinski definition) is 4. The monoisotopic (exact) mass is 492 g/mol. The summed E-state index contributed by atoms with van der Waals surface area (Å²) in [5.41, 5.74) is 5.11. The maximum Gasteiger partial charge on any atom is 0.264 e. The standard InChI is InChI=1S/C25H21BrN2O2S/c1-16-8-10-21(12-17(16)2)27-25-28-24(29)23(31-25)14-19-13-20(26)9-11-22(19)30-15-18-6-4-3-5-7-18/h3-14H,15H2,1-2H3,(H,27,28,29)/b23-14-. The quantitative estimate of drug-likeness (QED) is 0.411. The number of carbonyl (C=O) groups excluding carboxylic acids is 1. The Balaban J connectivity index is 1.56. The minimum Gasteiger partial charge on any atom is -0.488 e. The highest BCUT2D eigenvalue weighted by Gasteiger charge is 2.24. The Morgan fingerprint density at radius 2 is 1.84 bits per heavy atom. The number of hydrogen-bond donors (Lipinski definition) is 1. The number of thioether (sulfide) groups is 1. The predicted octanol–water partition coefficient (Wildman–Crippen LogP) is 6.54. The third-order valence-electron chi connectivity index (χ3n) is 4.87. The Kier molecular flexibility index (Phi) is 6.59. The molecule has 1 saturated heterocycles. The van der Waals surface area contributed by atoms with Gasteiger partial charge in [0.25, 0.3) is 5.91 Å². The zero-order chi connectivity index (χ0) is 21.8. The van der Waals surface area contributed by atoms with Crippen molar-refractivity contribution in [3.63, 3.8) is 0 Å². The first kappa shape index (κ1) is 21.4. The van der Waals surface area contributed by atoms with Crippen LogP contribution in [0.5, 0.6) is 5.75 Å². The summed E-state index contributed by atoms with van der Waals surface area (Å²) in [6.45, 7) is 4.57. The molecular formula is C25H21BrN2O2S. The molecule has 156 valence electrons. The molecule has 0 aliphatic carbocycles. The molecule has 3 aromatic rings. The third kappa shape index (κ3) is 5.46. The Morgan fingerprint density at radius 3 is 2.61 bits per heavy atom. The normalized spacial score (nSPS) is 16.0. The van der Waals surface area contributed by atoms with Crippen LogP contribution in [0.1, 0.15) is 22.3 Å². The van der Waals surface area contributed by atoms with Gasteiger partial charge < -0.3 is 10.1 Å². The average molecular weight is 493 g/mol. The zero-order valence-electron chi connectivity index (χ0n) is 17.2. The van der Waals surface area contributed by atoms with E-state index in [0.29, 0.717) is 22.4 Å². The van der Waals surface area contributed by atoms with Crippen molar-refractivity contribution in [3.05, 3.63) is 98.4 Å². The Bertz CT molecular complexity index is 1190. The Labute approximate surface area is 194 Å². The van der Waals surface area contributed by atoms with Gasteiger partial charge in [0.2, 0.25) is 0 Å². The van der Waals surface area contributed by atoms with Crippen LogP contribution in [0.25, 0.3) is 6.08 Å². The fraction of sp³-hybridized carbons (Fsp3) is 0.120. The fourth-order valence-corrected chi connectivity index (χ4v) is 4.24. The molecular weight excluding hydrogens is 472 g/mol. The molecule has 0 saturated carbocycles. The minimum atomic E-state index is -0.165. The van der Waals surface area contributed by atoms with Crippen LogP contribution in [0.15, 0.2) is 81.1 Å². The van der Waals surface area contributed by atoms with Gasteiger partial charge in [0, 0.05) is 10.0 Å². The lowest BCUT2D eigenvalue weighted by atomic mass is 10.1. The van der Waals surface area contributed by atoms with Gasteiger partial charge >= 0.3 is 0 Å². The van der Waals surface area contributed by atoms with Gasteiger partial charge in [-0.1, -0.05) is 52.3 Å². The van der Waals surface area contributed by atoms with E-state index < -0.39 is 0 Å². The molecule has 3 aromatic carbocycles. The van der Waals surface area contributed by atoms with Crippen LogP contribution >= 0.6 is 27.7 Å². The van der Waals surface area contributed by atoms with Gasteiger partial charge in [-0.2, -0.15) is 0 Å². The molecule has 6 heteroatoms. The second-order valence-electron chi connectivity index (χ2n) is 7.21. The van der Waals surface area contributed by atoms with Crippen molar-refractivity contribution in [1.29, 1.82) is 0 Å². The summed E-state index contributed by atoms with van der Waals surface area (Å²) in [5, 5.41) is 3.42. The highest BCUT2D eigenvalue weighted by Crippen LogP contribution is 2.32. The van der Waals surface area contributed by atoms with Gasteiger partial charge in [0.05, 0.1) is 10.6 Å². The van der Waals surface area contributed by atoms with Gasteiger partial charge in [-0.15, -0.1) is 0 Å². The maximum atomic E-state index is 12.5. The Morgan fingerprint density at radius 1 is 1.03 bits per heavy atom. The number of aliphatic imine (C=N–C) groups is 1. The number of carbonyl (C=O) groups is 1. The van der Waals surface area contributed by atoms with Gasteiger partial charge in [-0.05, 0) is 78.7 Å². The molecule has 31 heavy (non-hydrogen) atoms. The molecule has 1 aliphatic rings. The summed E-state index contributed by atoms with van der Waals surface area (Å²) < 4.78 is 6.95. The number of rotatable bonds is 5. The van der Waals surface area contributed by atoms with E-state index in [1.54, 1.807) is 0 Å². The van der Waals surface area contributed by atoms with E-state index in [4.69, 9.17) is 4.74 Å². The minimum absolute atomic E-state index is 0.165. The maximum absolute atomic E-state index is 12.5. The van der Waals surface area contributed by atoms with Crippen LogP contribution in [0.4, 0.5) is 5.69 Å². The average Bonchev–Trinajstić information content (AvgIpc) is 3.09. The van der Waals surface area contributed by atoms with E-state index in [-0.39, 0.29) is 5.91 Å². The number of amidine groups is 1.